The third-order valence-corrected chi connectivity index (χ3v) is 8.41. The molecule has 0 radical (unpaired) electrons. The Hall–Kier alpha value is -2.57. The van der Waals surface area contributed by atoms with Crippen LogP contribution in [0.3, 0.4) is 0 Å². The number of ether oxygens (including phenoxy) is 1. The normalized spacial score (nSPS) is 18.8. The number of Topliss-reactive ketones (excluding diaryl/α,β-unsaturated/α-hetero) is 1. The van der Waals surface area contributed by atoms with Gasteiger partial charge in [-0.1, -0.05) is 23.7 Å². The van der Waals surface area contributed by atoms with E-state index in [0.717, 1.165) is 48.5 Å². The fourth-order valence-electron chi connectivity index (χ4n) is 5.76. The van der Waals surface area contributed by atoms with E-state index < -0.39 is 5.41 Å². The summed E-state index contributed by atoms with van der Waals surface area (Å²) in [5, 5.41) is 3.74. The van der Waals surface area contributed by atoms with Crippen LogP contribution in [0.2, 0.25) is 5.02 Å². The van der Waals surface area contributed by atoms with Crippen molar-refractivity contribution in [2.75, 3.05) is 38.6 Å². The lowest BCUT2D eigenvalue weighted by Gasteiger charge is -2.40. The zero-order chi connectivity index (χ0) is 25.9. The number of nitrogens with zero attached hydrogens (tertiary/aromatic N) is 2. The lowest BCUT2D eigenvalue weighted by Crippen LogP contribution is -2.49. The minimum Gasteiger partial charge on any atom is -0.496 e. The molecule has 0 unspecified atom stereocenters. The van der Waals surface area contributed by atoms with Crippen LogP contribution in [0.4, 0.5) is 10.5 Å². The van der Waals surface area contributed by atoms with Gasteiger partial charge in [0.2, 0.25) is 0 Å². The molecule has 7 heteroatoms. The predicted octanol–water partition coefficient (Wildman–Crippen LogP) is 6.09. The predicted molar refractivity (Wildman–Crippen MR) is 145 cm³/mol. The molecule has 2 saturated heterocycles. The largest absolute Gasteiger partial charge is 0.496 e. The Balaban J connectivity index is 1.42. The summed E-state index contributed by atoms with van der Waals surface area (Å²) >= 11 is 6.06. The number of nitrogens with one attached hydrogen (secondary N) is 1. The number of benzene rings is 2. The average Bonchev–Trinajstić information content (AvgIpc) is 2.89. The van der Waals surface area contributed by atoms with Gasteiger partial charge in [-0.25, -0.2) is 4.79 Å². The molecule has 2 aromatic carbocycles. The maximum atomic E-state index is 13.2. The van der Waals surface area contributed by atoms with Gasteiger partial charge in [-0.15, -0.1) is 0 Å². The van der Waals surface area contributed by atoms with Crippen molar-refractivity contribution in [3.63, 3.8) is 0 Å². The first-order valence-corrected chi connectivity index (χ1v) is 13.4. The first kappa shape index (κ1) is 26.5. The Bertz CT molecular complexity index is 1070. The Morgan fingerprint density at radius 3 is 2.22 bits per heavy atom. The molecule has 2 aromatic rings. The van der Waals surface area contributed by atoms with Crippen molar-refractivity contribution in [3.05, 3.63) is 58.6 Å². The Labute approximate surface area is 219 Å². The van der Waals surface area contributed by atoms with Crippen LogP contribution in [0.15, 0.2) is 42.5 Å². The molecule has 4 rings (SSSR count). The summed E-state index contributed by atoms with van der Waals surface area (Å²) in [6.45, 7) is 9.31. The second-order valence-corrected chi connectivity index (χ2v) is 10.9. The molecule has 0 spiro atoms. The summed E-state index contributed by atoms with van der Waals surface area (Å²) in [4.78, 5) is 30.2. The number of hydrogen-bond acceptors (Lipinski definition) is 4. The van der Waals surface area contributed by atoms with E-state index in [-0.39, 0.29) is 11.8 Å². The zero-order valence-corrected chi connectivity index (χ0v) is 22.6. The molecule has 2 amide bonds. The van der Waals surface area contributed by atoms with Crippen molar-refractivity contribution in [1.82, 2.24) is 9.80 Å². The molecule has 0 saturated carbocycles. The monoisotopic (exact) mass is 511 g/mol. The number of methoxy groups -OCH3 is 1. The molecule has 0 atom stereocenters. The SMILES string of the molecule is COc1ccc(NC(=O)N2CCC(C(C)=O)(c3ccc(Cl)cc3)CC2)cc1C1CCN(C(C)C)CC1. The van der Waals surface area contributed by atoms with Crippen LogP contribution in [-0.2, 0) is 10.2 Å². The number of carbonyl (C=O) groups is 2. The number of anilines is 1. The summed E-state index contributed by atoms with van der Waals surface area (Å²) in [6, 6.07) is 13.9. The number of ketones is 1. The van der Waals surface area contributed by atoms with Gasteiger partial charge in [0.1, 0.15) is 11.5 Å². The van der Waals surface area contributed by atoms with Gasteiger partial charge in [0.05, 0.1) is 12.5 Å². The van der Waals surface area contributed by atoms with Crippen LogP contribution >= 0.6 is 11.6 Å². The molecule has 2 aliphatic rings. The van der Waals surface area contributed by atoms with Crippen molar-refractivity contribution >= 4 is 29.1 Å². The minimum absolute atomic E-state index is 0.131. The summed E-state index contributed by atoms with van der Waals surface area (Å²) < 4.78 is 5.67. The average molecular weight is 512 g/mol. The maximum Gasteiger partial charge on any atom is 0.321 e. The van der Waals surface area contributed by atoms with E-state index in [1.165, 1.54) is 0 Å². The smallest absolute Gasteiger partial charge is 0.321 e. The number of hydrogen-bond donors (Lipinski definition) is 1. The lowest BCUT2D eigenvalue weighted by atomic mass is 9.70. The van der Waals surface area contributed by atoms with E-state index >= 15 is 0 Å². The highest BCUT2D eigenvalue weighted by Gasteiger charge is 2.41. The standard InChI is InChI=1S/C29H38ClN3O3/c1-20(2)32-15-11-22(12-16-32)26-19-25(9-10-27(26)36-4)31-28(35)33-17-13-29(14-18-33,21(3)34)23-5-7-24(30)8-6-23/h5-10,19-20,22H,11-18H2,1-4H3,(H,31,35). The van der Waals surface area contributed by atoms with Gasteiger partial charge >= 0.3 is 6.03 Å². The highest BCUT2D eigenvalue weighted by Crippen LogP contribution is 2.38. The van der Waals surface area contributed by atoms with E-state index in [9.17, 15) is 9.59 Å². The van der Waals surface area contributed by atoms with Crippen LogP contribution < -0.4 is 10.1 Å². The molecular weight excluding hydrogens is 474 g/mol. The van der Waals surface area contributed by atoms with Crippen molar-refractivity contribution in [3.8, 4) is 5.75 Å². The fraction of sp³-hybridized carbons (Fsp3) is 0.517. The Morgan fingerprint density at radius 2 is 1.67 bits per heavy atom. The van der Waals surface area contributed by atoms with E-state index in [0.29, 0.717) is 42.9 Å². The molecule has 0 aliphatic carbocycles. The summed E-state index contributed by atoms with van der Waals surface area (Å²) in [6.07, 6.45) is 3.35. The Kier molecular flexibility index (Phi) is 8.26. The number of likely N-dealkylation sites (tertiary alicyclic amines) is 2. The number of amides is 2. The third-order valence-electron chi connectivity index (χ3n) is 8.16. The van der Waals surface area contributed by atoms with Gasteiger partial charge in [0.25, 0.3) is 0 Å². The third kappa shape index (κ3) is 5.55. The van der Waals surface area contributed by atoms with Gasteiger partial charge in [0, 0.05) is 29.8 Å². The number of piperidine rings is 2. The van der Waals surface area contributed by atoms with Crippen LogP contribution in [-0.4, -0.2) is 60.9 Å². The second-order valence-electron chi connectivity index (χ2n) is 10.4. The second kappa shape index (κ2) is 11.2. The molecule has 0 bridgehead atoms. The molecular formula is C29H38ClN3O3. The van der Waals surface area contributed by atoms with E-state index in [2.05, 4.69) is 30.1 Å². The zero-order valence-electron chi connectivity index (χ0n) is 21.9. The fourth-order valence-corrected chi connectivity index (χ4v) is 5.89. The number of halogens is 1. The van der Waals surface area contributed by atoms with Gasteiger partial charge in [-0.2, -0.15) is 0 Å². The van der Waals surface area contributed by atoms with Crippen molar-refractivity contribution in [1.29, 1.82) is 0 Å². The van der Waals surface area contributed by atoms with Gasteiger partial charge in [-0.05, 0) is 107 Å². The minimum atomic E-state index is -0.570. The van der Waals surface area contributed by atoms with Crippen LogP contribution in [0.1, 0.15) is 63.5 Å². The van der Waals surface area contributed by atoms with Crippen LogP contribution in [0, 0.1) is 0 Å². The molecule has 2 aliphatic heterocycles. The summed E-state index contributed by atoms with van der Waals surface area (Å²) in [5.41, 5.74) is 2.35. The highest BCUT2D eigenvalue weighted by molar-refractivity contribution is 6.30. The maximum absolute atomic E-state index is 13.2. The topological polar surface area (TPSA) is 61.9 Å². The van der Waals surface area contributed by atoms with Crippen molar-refractivity contribution in [2.45, 2.75) is 63.8 Å². The van der Waals surface area contributed by atoms with Crippen molar-refractivity contribution < 1.29 is 14.3 Å². The van der Waals surface area contributed by atoms with E-state index in [4.69, 9.17) is 16.3 Å². The van der Waals surface area contributed by atoms with E-state index in [1.54, 1.807) is 14.0 Å². The first-order valence-electron chi connectivity index (χ1n) is 13.0. The lowest BCUT2D eigenvalue weighted by molar-refractivity contribution is -0.124. The number of rotatable bonds is 6. The molecule has 36 heavy (non-hydrogen) atoms. The quantitative estimate of drug-likeness (QED) is 0.509. The molecule has 194 valence electrons. The van der Waals surface area contributed by atoms with Gasteiger partial charge in [-0.3, -0.25) is 4.79 Å². The summed E-state index contributed by atoms with van der Waals surface area (Å²) in [7, 11) is 1.70. The van der Waals surface area contributed by atoms with Gasteiger partial charge < -0.3 is 19.9 Å². The molecule has 2 heterocycles. The number of urea groups is 1. The van der Waals surface area contributed by atoms with Gasteiger partial charge in [0.15, 0.2) is 0 Å². The van der Waals surface area contributed by atoms with Crippen LogP contribution in [0.5, 0.6) is 5.75 Å². The van der Waals surface area contributed by atoms with Crippen LogP contribution in [0.25, 0.3) is 0 Å². The van der Waals surface area contributed by atoms with E-state index in [1.807, 2.05) is 41.3 Å². The summed E-state index contributed by atoms with van der Waals surface area (Å²) in [5.74, 6) is 1.42. The molecule has 2 fully saturated rings. The molecule has 1 N–H and O–H groups in total. The highest BCUT2D eigenvalue weighted by atomic mass is 35.5. The van der Waals surface area contributed by atoms with Crippen molar-refractivity contribution in [2.24, 2.45) is 0 Å². The molecule has 6 nitrogen and oxygen atoms in total. The first-order chi connectivity index (χ1) is 17.2. The Morgan fingerprint density at radius 1 is 1.03 bits per heavy atom. The number of carbonyl (C=O) groups excluding carboxylic acids is 2. The molecule has 0 aromatic heterocycles.